The molecule has 0 spiro atoms. The fourth-order valence-electron chi connectivity index (χ4n) is 5.73. The van der Waals surface area contributed by atoms with Gasteiger partial charge in [0.25, 0.3) is 0 Å². The Kier molecular flexibility index (Phi) is 5.45. The molecule has 0 amide bonds. The molecule has 0 radical (unpaired) electrons. The van der Waals surface area contributed by atoms with Crippen molar-refractivity contribution in [3.63, 3.8) is 0 Å². The maximum atomic E-state index is 4.86. The highest BCUT2D eigenvalue weighted by Gasteiger charge is 2.42. The van der Waals surface area contributed by atoms with E-state index in [9.17, 15) is 0 Å². The van der Waals surface area contributed by atoms with Crippen molar-refractivity contribution < 1.29 is 0 Å². The molecule has 1 aliphatic heterocycles. The van der Waals surface area contributed by atoms with Gasteiger partial charge in [-0.3, -0.25) is 4.98 Å². The number of pyridine rings is 1. The standard InChI is InChI=1S/C27H30N2/c1-3-11-21(12-4-1)24-19-23(29-17-9-10-18-29)20-25(22-13-5-2-6-14-22)27(24)26-15-7-8-16-28-26/h1-8,11-16,23-25,27H,9-10,17-20H2. The van der Waals surface area contributed by atoms with E-state index < -0.39 is 0 Å². The minimum Gasteiger partial charge on any atom is -0.300 e. The summed E-state index contributed by atoms with van der Waals surface area (Å²) < 4.78 is 0. The van der Waals surface area contributed by atoms with E-state index in [-0.39, 0.29) is 0 Å². The molecule has 2 nitrogen and oxygen atoms in total. The van der Waals surface area contributed by atoms with E-state index in [4.69, 9.17) is 4.98 Å². The van der Waals surface area contributed by atoms with Crippen LogP contribution >= 0.6 is 0 Å². The number of nitrogens with zero attached hydrogens (tertiary/aromatic N) is 2. The molecule has 2 atom stereocenters. The first-order valence-corrected chi connectivity index (χ1v) is 11.1. The minimum atomic E-state index is 0.417. The van der Waals surface area contributed by atoms with Gasteiger partial charge in [0.1, 0.15) is 0 Å². The zero-order chi connectivity index (χ0) is 19.5. The second-order valence-corrected chi connectivity index (χ2v) is 8.68. The fourth-order valence-corrected chi connectivity index (χ4v) is 5.73. The number of hydrogen-bond acceptors (Lipinski definition) is 2. The maximum absolute atomic E-state index is 4.86. The van der Waals surface area contributed by atoms with Crippen LogP contribution in [0.4, 0.5) is 0 Å². The van der Waals surface area contributed by atoms with Crippen LogP contribution in [0.5, 0.6) is 0 Å². The molecular weight excluding hydrogens is 352 g/mol. The van der Waals surface area contributed by atoms with Crippen LogP contribution in [0.25, 0.3) is 0 Å². The Balaban J connectivity index is 1.60. The molecule has 1 aromatic heterocycles. The summed E-state index contributed by atoms with van der Waals surface area (Å²) in [4.78, 5) is 7.63. The number of hydrogen-bond donors (Lipinski definition) is 0. The SMILES string of the molecule is c1ccc(C2CC(N3CCCC3)CC(c3ccccc3)C2c2ccccn2)cc1. The van der Waals surface area contributed by atoms with Crippen molar-refractivity contribution in [3.05, 3.63) is 102 Å². The Morgan fingerprint density at radius 2 is 1.21 bits per heavy atom. The van der Waals surface area contributed by atoms with Crippen molar-refractivity contribution in [1.29, 1.82) is 0 Å². The van der Waals surface area contributed by atoms with Crippen LogP contribution in [0.3, 0.4) is 0 Å². The normalized spacial score (nSPS) is 27.7. The van der Waals surface area contributed by atoms with Crippen LogP contribution < -0.4 is 0 Å². The van der Waals surface area contributed by atoms with E-state index in [1.807, 2.05) is 12.3 Å². The van der Waals surface area contributed by atoms with Crippen LogP contribution in [0.2, 0.25) is 0 Å². The van der Waals surface area contributed by atoms with E-state index >= 15 is 0 Å². The van der Waals surface area contributed by atoms with E-state index in [0.29, 0.717) is 23.8 Å². The molecule has 1 saturated heterocycles. The summed E-state index contributed by atoms with van der Waals surface area (Å²) in [5.74, 6) is 1.41. The molecule has 2 heterocycles. The highest BCUT2D eigenvalue weighted by molar-refractivity contribution is 5.34. The lowest BCUT2D eigenvalue weighted by atomic mass is 9.64. The quantitative estimate of drug-likeness (QED) is 0.551. The van der Waals surface area contributed by atoms with Gasteiger partial charge in [0.2, 0.25) is 0 Å². The Labute approximate surface area is 174 Å². The summed E-state index contributed by atoms with van der Waals surface area (Å²) in [5.41, 5.74) is 4.18. The van der Waals surface area contributed by atoms with Crippen molar-refractivity contribution in [3.8, 4) is 0 Å². The van der Waals surface area contributed by atoms with Gasteiger partial charge in [-0.25, -0.2) is 0 Å². The summed E-state index contributed by atoms with van der Waals surface area (Å²) in [5, 5.41) is 0. The summed E-state index contributed by atoms with van der Waals surface area (Å²) >= 11 is 0. The first-order chi connectivity index (χ1) is 14.4. The lowest BCUT2D eigenvalue weighted by molar-refractivity contribution is 0.150. The van der Waals surface area contributed by atoms with E-state index in [2.05, 4.69) is 77.7 Å². The van der Waals surface area contributed by atoms with Gasteiger partial charge in [-0.1, -0.05) is 66.7 Å². The number of aromatic nitrogens is 1. The number of rotatable bonds is 4. The minimum absolute atomic E-state index is 0.417. The molecule has 1 saturated carbocycles. The van der Waals surface area contributed by atoms with Crippen molar-refractivity contribution in [2.75, 3.05) is 13.1 Å². The van der Waals surface area contributed by atoms with Crippen molar-refractivity contribution in [1.82, 2.24) is 9.88 Å². The molecule has 0 N–H and O–H groups in total. The average Bonchev–Trinajstić information content (AvgIpc) is 3.35. The van der Waals surface area contributed by atoms with Crippen molar-refractivity contribution >= 4 is 0 Å². The van der Waals surface area contributed by atoms with Crippen molar-refractivity contribution in [2.45, 2.75) is 49.5 Å². The largest absolute Gasteiger partial charge is 0.300 e. The molecule has 2 heteroatoms. The molecule has 1 aliphatic carbocycles. The molecule has 5 rings (SSSR count). The zero-order valence-corrected chi connectivity index (χ0v) is 17.0. The van der Waals surface area contributed by atoms with Crippen LogP contribution in [-0.2, 0) is 0 Å². The van der Waals surface area contributed by atoms with E-state index in [0.717, 1.165) is 0 Å². The lowest BCUT2D eigenvalue weighted by Crippen LogP contribution is -2.41. The Morgan fingerprint density at radius 1 is 0.655 bits per heavy atom. The summed E-state index contributed by atoms with van der Waals surface area (Å²) in [6.45, 7) is 2.53. The first kappa shape index (κ1) is 18.6. The monoisotopic (exact) mass is 382 g/mol. The average molecular weight is 383 g/mol. The molecule has 2 unspecified atom stereocenters. The maximum Gasteiger partial charge on any atom is 0.0446 e. The second kappa shape index (κ2) is 8.51. The molecule has 3 aromatic rings. The third kappa shape index (κ3) is 3.86. The van der Waals surface area contributed by atoms with Gasteiger partial charge in [-0.05, 0) is 73.9 Å². The smallest absolute Gasteiger partial charge is 0.0446 e. The predicted octanol–water partition coefficient (Wildman–Crippen LogP) is 5.99. The molecule has 2 aliphatic rings. The molecule has 2 fully saturated rings. The van der Waals surface area contributed by atoms with Crippen LogP contribution in [0.15, 0.2) is 85.1 Å². The number of benzene rings is 2. The Hall–Kier alpha value is -2.45. The van der Waals surface area contributed by atoms with Crippen LogP contribution in [0.1, 0.15) is 60.3 Å². The van der Waals surface area contributed by atoms with Gasteiger partial charge in [0.05, 0.1) is 0 Å². The van der Waals surface area contributed by atoms with Crippen LogP contribution in [-0.4, -0.2) is 29.0 Å². The molecule has 0 bridgehead atoms. The Morgan fingerprint density at radius 3 is 1.72 bits per heavy atom. The lowest BCUT2D eigenvalue weighted by Gasteiger charge is -2.45. The molecule has 2 aromatic carbocycles. The Bertz CT molecular complexity index is 838. The molecular formula is C27H30N2. The highest BCUT2D eigenvalue weighted by Crippen LogP contribution is 2.52. The van der Waals surface area contributed by atoms with Gasteiger partial charge >= 0.3 is 0 Å². The fraction of sp³-hybridized carbons (Fsp3) is 0.370. The van der Waals surface area contributed by atoms with Gasteiger partial charge < -0.3 is 4.90 Å². The number of likely N-dealkylation sites (tertiary alicyclic amines) is 1. The second-order valence-electron chi connectivity index (χ2n) is 8.68. The van der Waals surface area contributed by atoms with E-state index in [1.54, 1.807) is 0 Å². The van der Waals surface area contributed by atoms with Gasteiger partial charge in [-0.2, -0.15) is 0 Å². The topological polar surface area (TPSA) is 16.1 Å². The molecule has 148 valence electrons. The van der Waals surface area contributed by atoms with Crippen LogP contribution in [0, 0.1) is 0 Å². The highest BCUT2D eigenvalue weighted by atomic mass is 15.2. The zero-order valence-electron chi connectivity index (χ0n) is 17.0. The summed E-state index contributed by atoms with van der Waals surface area (Å²) in [6.07, 6.45) is 7.13. The third-order valence-corrected chi connectivity index (χ3v) is 7.06. The van der Waals surface area contributed by atoms with Gasteiger partial charge in [0, 0.05) is 23.9 Å². The van der Waals surface area contributed by atoms with E-state index in [1.165, 1.54) is 55.6 Å². The van der Waals surface area contributed by atoms with Gasteiger partial charge in [0.15, 0.2) is 0 Å². The molecule has 29 heavy (non-hydrogen) atoms. The predicted molar refractivity (Wildman–Crippen MR) is 119 cm³/mol. The third-order valence-electron chi connectivity index (χ3n) is 7.06. The van der Waals surface area contributed by atoms with Gasteiger partial charge in [-0.15, -0.1) is 0 Å². The summed E-state index contributed by atoms with van der Waals surface area (Å²) in [7, 11) is 0. The first-order valence-electron chi connectivity index (χ1n) is 11.1. The van der Waals surface area contributed by atoms with Crippen molar-refractivity contribution in [2.24, 2.45) is 0 Å². The summed E-state index contributed by atoms with van der Waals surface area (Å²) in [6, 6.07) is 29.5.